The van der Waals surface area contributed by atoms with Gasteiger partial charge >= 0.3 is 0 Å². The average molecular weight is 267 g/mol. The van der Waals surface area contributed by atoms with Crippen LogP contribution in [0.2, 0.25) is 0 Å². The molecule has 1 aromatic carbocycles. The van der Waals surface area contributed by atoms with E-state index in [2.05, 4.69) is 17.9 Å². The summed E-state index contributed by atoms with van der Waals surface area (Å²) in [5.74, 6) is -0.960. The van der Waals surface area contributed by atoms with Gasteiger partial charge in [-0.25, -0.2) is 4.39 Å². The Balaban J connectivity index is 2.07. The van der Waals surface area contributed by atoms with Crippen molar-refractivity contribution in [2.24, 2.45) is 0 Å². The normalized spacial score (nSPS) is 10.2. The fourth-order valence-corrected chi connectivity index (χ4v) is 2.21. The number of amides is 1. The van der Waals surface area contributed by atoms with Gasteiger partial charge in [0.15, 0.2) is 0 Å². The van der Waals surface area contributed by atoms with E-state index in [0.29, 0.717) is 11.4 Å². The summed E-state index contributed by atoms with van der Waals surface area (Å²) in [6.45, 7) is 0.409. The van der Waals surface area contributed by atoms with Crippen molar-refractivity contribution in [3.63, 3.8) is 0 Å². The first-order valence-corrected chi connectivity index (χ1v) is 6.28. The highest BCUT2D eigenvalue weighted by atomic mass is 32.1. The van der Waals surface area contributed by atoms with Crippen LogP contribution in [-0.4, -0.2) is 5.91 Å². The highest BCUT2D eigenvalue weighted by Crippen LogP contribution is 2.14. The molecule has 0 aliphatic heterocycles. The van der Waals surface area contributed by atoms with Gasteiger partial charge in [-0.3, -0.25) is 4.79 Å². The molecule has 2 aromatic rings. The molecule has 0 atom stereocenters. The Morgan fingerprint density at radius 3 is 2.94 bits per heavy atom. The topological polar surface area (TPSA) is 29.1 Å². The molecule has 1 aromatic heterocycles. The largest absolute Gasteiger partial charge is 0.347 e. The third-order valence-electron chi connectivity index (χ3n) is 2.20. The van der Waals surface area contributed by atoms with Crippen LogP contribution in [0.5, 0.6) is 0 Å². The molecule has 17 heavy (non-hydrogen) atoms. The van der Waals surface area contributed by atoms with Gasteiger partial charge in [-0.2, -0.15) is 0 Å². The maximum absolute atomic E-state index is 13.4. The molecular weight excluding hydrogens is 257 g/mol. The lowest BCUT2D eigenvalue weighted by atomic mass is 10.2. The Labute approximate surface area is 108 Å². The first-order chi connectivity index (χ1) is 8.16. The fourth-order valence-electron chi connectivity index (χ4n) is 1.36. The van der Waals surface area contributed by atoms with Crippen molar-refractivity contribution in [1.82, 2.24) is 5.32 Å². The SMILES string of the molecule is O=C(NCc1cccs1)c1cc(S)ccc1F. The molecule has 1 N–H and O–H groups in total. The summed E-state index contributed by atoms with van der Waals surface area (Å²) in [5, 5.41) is 4.59. The van der Waals surface area contributed by atoms with Gasteiger partial charge in [0.05, 0.1) is 12.1 Å². The molecule has 0 radical (unpaired) electrons. The fraction of sp³-hybridized carbons (Fsp3) is 0.0833. The summed E-state index contributed by atoms with van der Waals surface area (Å²) in [4.78, 5) is 13.3. The van der Waals surface area contributed by atoms with Crippen LogP contribution in [0, 0.1) is 5.82 Å². The van der Waals surface area contributed by atoms with Gasteiger partial charge in [-0.1, -0.05) is 6.07 Å². The molecule has 1 heterocycles. The predicted molar refractivity (Wildman–Crippen MR) is 69.1 cm³/mol. The zero-order valence-corrected chi connectivity index (χ0v) is 10.5. The number of carbonyl (C=O) groups is 1. The van der Waals surface area contributed by atoms with Crippen molar-refractivity contribution in [3.8, 4) is 0 Å². The van der Waals surface area contributed by atoms with E-state index in [0.717, 1.165) is 4.88 Å². The predicted octanol–water partition coefficient (Wildman–Crippen LogP) is 3.11. The molecule has 88 valence electrons. The van der Waals surface area contributed by atoms with Crippen molar-refractivity contribution in [2.75, 3.05) is 0 Å². The molecule has 0 saturated heterocycles. The van der Waals surface area contributed by atoms with E-state index in [9.17, 15) is 9.18 Å². The molecule has 0 bridgehead atoms. The number of thiophene rings is 1. The summed E-state index contributed by atoms with van der Waals surface area (Å²) >= 11 is 5.62. The Kier molecular flexibility index (Phi) is 3.81. The van der Waals surface area contributed by atoms with Gasteiger partial charge in [0.25, 0.3) is 5.91 Å². The lowest BCUT2D eigenvalue weighted by Gasteiger charge is -2.05. The Morgan fingerprint density at radius 2 is 2.24 bits per heavy atom. The Bertz CT molecular complexity index is 525. The first kappa shape index (κ1) is 12.1. The van der Waals surface area contributed by atoms with E-state index in [1.54, 1.807) is 11.3 Å². The van der Waals surface area contributed by atoms with Crippen molar-refractivity contribution in [3.05, 3.63) is 52.0 Å². The van der Waals surface area contributed by atoms with E-state index < -0.39 is 11.7 Å². The lowest BCUT2D eigenvalue weighted by Crippen LogP contribution is -2.23. The molecule has 0 aliphatic rings. The smallest absolute Gasteiger partial charge is 0.254 e. The van der Waals surface area contributed by atoms with E-state index in [-0.39, 0.29) is 5.56 Å². The van der Waals surface area contributed by atoms with Gasteiger partial charge in [0, 0.05) is 9.77 Å². The van der Waals surface area contributed by atoms with Crippen LogP contribution in [-0.2, 0) is 6.54 Å². The van der Waals surface area contributed by atoms with Crippen LogP contribution >= 0.6 is 24.0 Å². The van der Waals surface area contributed by atoms with Gasteiger partial charge in [-0.05, 0) is 29.6 Å². The van der Waals surface area contributed by atoms with Crippen LogP contribution in [0.15, 0.2) is 40.6 Å². The van der Waals surface area contributed by atoms with Gasteiger partial charge in [0.1, 0.15) is 5.82 Å². The molecule has 0 aliphatic carbocycles. The number of halogens is 1. The zero-order valence-electron chi connectivity index (χ0n) is 8.81. The van der Waals surface area contributed by atoms with E-state index in [1.807, 2.05) is 17.5 Å². The van der Waals surface area contributed by atoms with Crippen LogP contribution in [0.3, 0.4) is 0 Å². The molecule has 1 amide bonds. The maximum atomic E-state index is 13.4. The molecule has 0 spiro atoms. The van der Waals surface area contributed by atoms with E-state index in [1.165, 1.54) is 18.2 Å². The molecule has 2 nitrogen and oxygen atoms in total. The molecule has 2 rings (SSSR count). The van der Waals surface area contributed by atoms with Gasteiger partial charge < -0.3 is 5.32 Å². The maximum Gasteiger partial charge on any atom is 0.254 e. The molecule has 0 unspecified atom stereocenters. The van der Waals surface area contributed by atoms with Crippen molar-refractivity contribution in [2.45, 2.75) is 11.4 Å². The van der Waals surface area contributed by atoms with Crippen molar-refractivity contribution >= 4 is 29.9 Å². The number of hydrogen-bond acceptors (Lipinski definition) is 3. The minimum Gasteiger partial charge on any atom is -0.347 e. The number of thiol groups is 1. The number of nitrogens with one attached hydrogen (secondary N) is 1. The summed E-state index contributed by atoms with van der Waals surface area (Å²) in [7, 11) is 0. The van der Waals surface area contributed by atoms with Crippen molar-refractivity contribution < 1.29 is 9.18 Å². The van der Waals surface area contributed by atoms with Crippen LogP contribution in [0.4, 0.5) is 4.39 Å². The highest BCUT2D eigenvalue weighted by Gasteiger charge is 2.11. The van der Waals surface area contributed by atoms with Crippen LogP contribution < -0.4 is 5.32 Å². The van der Waals surface area contributed by atoms with Crippen LogP contribution in [0.25, 0.3) is 0 Å². The van der Waals surface area contributed by atoms with Crippen molar-refractivity contribution in [1.29, 1.82) is 0 Å². The third kappa shape index (κ3) is 3.08. The Hall–Kier alpha value is -1.33. The molecule has 5 heteroatoms. The Morgan fingerprint density at radius 1 is 1.41 bits per heavy atom. The molecule has 0 fully saturated rings. The number of hydrogen-bond donors (Lipinski definition) is 2. The molecular formula is C12H10FNOS2. The summed E-state index contributed by atoms with van der Waals surface area (Å²) < 4.78 is 13.4. The minimum atomic E-state index is -0.536. The second-order valence-electron chi connectivity index (χ2n) is 3.43. The quantitative estimate of drug-likeness (QED) is 0.822. The van der Waals surface area contributed by atoms with Gasteiger partial charge in [-0.15, -0.1) is 24.0 Å². The minimum absolute atomic E-state index is 0.0223. The summed E-state index contributed by atoms with van der Waals surface area (Å²) in [6, 6.07) is 7.98. The van der Waals surface area contributed by atoms with Crippen LogP contribution in [0.1, 0.15) is 15.2 Å². The second kappa shape index (κ2) is 5.33. The molecule has 0 saturated carbocycles. The zero-order chi connectivity index (χ0) is 12.3. The number of carbonyl (C=O) groups excluding carboxylic acids is 1. The number of rotatable bonds is 3. The monoisotopic (exact) mass is 267 g/mol. The summed E-state index contributed by atoms with van der Waals surface area (Å²) in [5.41, 5.74) is 0.0223. The summed E-state index contributed by atoms with van der Waals surface area (Å²) in [6.07, 6.45) is 0. The van der Waals surface area contributed by atoms with E-state index in [4.69, 9.17) is 0 Å². The number of benzene rings is 1. The first-order valence-electron chi connectivity index (χ1n) is 4.96. The average Bonchev–Trinajstić information content (AvgIpc) is 2.82. The van der Waals surface area contributed by atoms with E-state index >= 15 is 0 Å². The third-order valence-corrected chi connectivity index (χ3v) is 3.35. The lowest BCUT2D eigenvalue weighted by molar-refractivity contribution is 0.0947. The van der Waals surface area contributed by atoms with Gasteiger partial charge in [0.2, 0.25) is 0 Å². The highest BCUT2D eigenvalue weighted by molar-refractivity contribution is 7.80. The standard InChI is InChI=1S/C12H10FNOS2/c13-11-4-3-8(16)6-10(11)12(15)14-7-9-2-1-5-17-9/h1-6,16H,7H2,(H,14,15). The second-order valence-corrected chi connectivity index (χ2v) is 4.97.